The molecule has 0 atom stereocenters. The van der Waals surface area contributed by atoms with E-state index in [2.05, 4.69) is 5.32 Å². The second-order valence-electron chi connectivity index (χ2n) is 4.55. The monoisotopic (exact) mass is 277 g/mol. The van der Waals surface area contributed by atoms with Crippen LogP contribution < -0.4 is 5.32 Å². The van der Waals surface area contributed by atoms with Crippen LogP contribution in [0.5, 0.6) is 0 Å². The number of rotatable bonds is 5. The predicted octanol–water partition coefficient (Wildman–Crippen LogP) is 4.17. The van der Waals surface area contributed by atoms with Crippen LogP contribution in [0.1, 0.15) is 25.0 Å². The summed E-state index contributed by atoms with van der Waals surface area (Å²) in [7, 11) is 1.64. The van der Waals surface area contributed by atoms with Crippen molar-refractivity contribution in [2.24, 2.45) is 5.92 Å². The van der Waals surface area contributed by atoms with Crippen molar-refractivity contribution >= 4 is 11.8 Å². The van der Waals surface area contributed by atoms with E-state index in [-0.39, 0.29) is 6.54 Å². The van der Waals surface area contributed by atoms with E-state index < -0.39 is 11.7 Å². The van der Waals surface area contributed by atoms with Crippen molar-refractivity contribution in [3.63, 3.8) is 0 Å². The fourth-order valence-corrected chi connectivity index (χ4v) is 2.41. The SMILES string of the molecule is CNCc1ccc(SCC(C)C)cc1C(F)(F)F. The molecule has 1 nitrogen and oxygen atoms in total. The molecule has 0 aliphatic rings. The van der Waals surface area contributed by atoms with E-state index in [4.69, 9.17) is 0 Å². The smallest absolute Gasteiger partial charge is 0.316 e. The van der Waals surface area contributed by atoms with Crippen LogP contribution in [-0.4, -0.2) is 12.8 Å². The van der Waals surface area contributed by atoms with Gasteiger partial charge in [0.1, 0.15) is 0 Å². The summed E-state index contributed by atoms with van der Waals surface area (Å²) >= 11 is 1.47. The lowest BCUT2D eigenvalue weighted by Crippen LogP contribution is -2.14. The molecule has 0 bridgehead atoms. The van der Waals surface area contributed by atoms with Crippen molar-refractivity contribution < 1.29 is 13.2 Å². The van der Waals surface area contributed by atoms with Gasteiger partial charge in [-0.2, -0.15) is 13.2 Å². The third-order valence-corrected chi connectivity index (χ3v) is 3.76. The summed E-state index contributed by atoms with van der Waals surface area (Å²) in [6.45, 7) is 4.32. The lowest BCUT2D eigenvalue weighted by atomic mass is 10.1. The predicted molar refractivity (Wildman–Crippen MR) is 69.8 cm³/mol. The Morgan fingerprint density at radius 2 is 1.94 bits per heavy atom. The molecule has 0 heterocycles. The van der Waals surface area contributed by atoms with E-state index in [1.807, 2.05) is 13.8 Å². The number of benzene rings is 1. The molecular weight excluding hydrogens is 259 g/mol. The van der Waals surface area contributed by atoms with E-state index in [1.165, 1.54) is 17.8 Å². The molecule has 5 heteroatoms. The van der Waals surface area contributed by atoms with Crippen LogP contribution in [0.25, 0.3) is 0 Å². The van der Waals surface area contributed by atoms with Gasteiger partial charge in [0.25, 0.3) is 0 Å². The molecule has 0 amide bonds. The lowest BCUT2D eigenvalue weighted by molar-refractivity contribution is -0.138. The fraction of sp³-hybridized carbons (Fsp3) is 0.538. The molecule has 0 aliphatic heterocycles. The molecule has 0 aromatic heterocycles. The zero-order valence-corrected chi connectivity index (χ0v) is 11.6. The third kappa shape index (κ3) is 4.53. The van der Waals surface area contributed by atoms with Gasteiger partial charge < -0.3 is 5.32 Å². The summed E-state index contributed by atoms with van der Waals surface area (Å²) in [6.07, 6.45) is -4.29. The highest BCUT2D eigenvalue weighted by Gasteiger charge is 2.33. The summed E-state index contributed by atoms with van der Waals surface area (Å²) in [5.41, 5.74) is -0.246. The quantitative estimate of drug-likeness (QED) is 0.811. The zero-order valence-electron chi connectivity index (χ0n) is 10.8. The second-order valence-corrected chi connectivity index (χ2v) is 5.65. The second kappa shape index (κ2) is 6.48. The molecule has 0 radical (unpaired) electrons. The largest absolute Gasteiger partial charge is 0.416 e. The van der Waals surface area contributed by atoms with Crippen molar-refractivity contribution in [2.75, 3.05) is 12.8 Å². The van der Waals surface area contributed by atoms with Crippen LogP contribution in [0.15, 0.2) is 23.1 Å². The van der Waals surface area contributed by atoms with Gasteiger partial charge in [0.15, 0.2) is 0 Å². The van der Waals surface area contributed by atoms with Gasteiger partial charge in [-0.1, -0.05) is 19.9 Å². The molecule has 1 rings (SSSR count). The van der Waals surface area contributed by atoms with Gasteiger partial charge in [-0.15, -0.1) is 11.8 Å². The van der Waals surface area contributed by atoms with Crippen molar-refractivity contribution in [1.29, 1.82) is 0 Å². The minimum Gasteiger partial charge on any atom is -0.316 e. The molecule has 0 fully saturated rings. The van der Waals surface area contributed by atoms with E-state index in [0.717, 1.165) is 5.75 Å². The molecule has 0 aliphatic carbocycles. The summed E-state index contributed by atoms with van der Waals surface area (Å²) in [4.78, 5) is 0.677. The maximum absolute atomic E-state index is 12.9. The van der Waals surface area contributed by atoms with Gasteiger partial charge in [-0.3, -0.25) is 0 Å². The topological polar surface area (TPSA) is 12.0 Å². The van der Waals surface area contributed by atoms with Gasteiger partial charge in [-0.05, 0) is 30.7 Å². The molecule has 102 valence electrons. The lowest BCUT2D eigenvalue weighted by Gasteiger charge is -2.14. The van der Waals surface area contributed by atoms with E-state index >= 15 is 0 Å². The van der Waals surface area contributed by atoms with Gasteiger partial charge in [0.05, 0.1) is 5.56 Å². The summed E-state index contributed by atoms with van der Waals surface area (Å²) in [5.74, 6) is 1.28. The minimum absolute atomic E-state index is 0.226. The van der Waals surface area contributed by atoms with Gasteiger partial charge >= 0.3 is 6.18 Å². The number of nitrogens with one attached hydrogen (secondary N) is 1. The van der Waals surface area contributed by atoms with E-state index in [0.29, 0.717) is 16.4 Å². The molecule has 1 aromatic carbocycles. The Labute approximate surface area is 110 Å². The number of alkyl halides is 3. The molecule has 0 spiro atoms. The van der Waals surface area contributed by atoms with Crippen LogP contribution in [0.3, 0.4) is 0 Å². The molecule has 18 heavy (non-hydrogen) atoms. The highest BCUT2D eigenvalue weighted by atomic mass is 32.2. The zero-order chi connectivity index (χ0) is 13.8. The minimum atomic E-state index is -4.29. The average molecular weight is 277 g/mol. The van der Waals surface area contributed by atoms with Crippen molar-refractivity contribution in [1.82, 2.24) is 5.32 Å². The Balaban J connectivity index is 2.98. The van der Waals surface area contributed by atoms with Crippen LogP contribution in [0.2, 0.25) is 0 Å². The standard InChI is InChI=1S/C13H18F3NS/c1-9(2)8-18-11-5-4-10(7-17-3)12(6-11)13(14,15)16/h4-6,9,17H,7-8H2,1-3H3. The third-order valence-electron chi connectivity index (χ3n) is 2.34. The van der Waals surface area contributed by atoms with Crippen LogP contribution >= 0.6 is 11.8 Å². The molecule has 1 N–H and O–H groups in total. The number of hydrogen-bond acceptors (Lipinski definition) is 2. The molecular formula is C13H18F3NS. The molecule has 0 saturated carbocycles. The van der Waals surface area contributed by atoms with Crippen molar-refractivity contribution in [3.8, 4) is 0 Å². The van der Waals surface area contributed by atoms with Gasteiger partial charge in [-0.25, -0.2) is 0 Å². The van der Waals surface area contributed by atoms with E-state index in [1.54, 1.807) is 19.2 Å². The van der Waals surface area contributed by atoms with Gasteiger partial charge in [0, 0.05) is 17.2 Å². The normalized spacial score (nSPS) is 12.2. The molecule has 0 unspecified atom stereocenters. The Bertz CT molecular complexity index is 388. The van der Waals surface area contributed by atoms with Crippen LogP contribution in [0.4, 0.5) is 13.2 Å². The Morgan fingerprint density at radius 3 is 2.44 bits per heavy atom. The number of hydrogen-bond donors (Lipinski definition) is 1. The summed E-state index contributed by atoms with van der Waals surface area (Å²) in [5, 5.41) is 2.76. The molecule has 0 saturated heterocycles. The maximum Gasteiger partial charge on any atom is 0.416 e. The maximum atomic E-state index is 12.9. The number of thioether (sulfide) groups is 1. The first kappa shape index (κ1) is 15.4. The highest BCUT2D eigenvalue weighted by Crippen LogP contribution is 2.35. The summed E-state index contributed by atoms with van der Waals surface area (Å²) in [6, 6.07) is 4.57. The number of halogens is 3. The first-order valence-corrected chi connectivity index (χ1v) is 6.80. The van der Waals surface area contributed by atoms with Gasteiger partial charge in [0.2, 0.25) is 0 Å². The van der Waals surface area contributed by atoms with E-state index in [9.17, 15) is 13.2 Å². The highest BCUT2D eigenvalue weighted by molar-refractivity contribution is 7.99. The van der Waals surface area contributed by atoms with Crippen LogP contribution in [-0.2, 0) is 12.7 Å². The average Bonchev–Trinajstić information content (AvgIpc) is 2.26. The van der Waals surface area contributed by atoms with Crippen LogP contribution in [0, 0.1) is 5.92 Å². The first-order valence-electron chi connectivity index (χ1n) is 5.82. The fourth-order valence-electron chi connectivity index (χ4n) is 1.52. The Kier molecular flexibility index (Phi) is 5.53. The summed E-state index contributed by atoms with van der Waals surface area (Å²) < 4.78 is 38.7. The molecule has 1 aromatic rings. The van der Waals surface area contributed by atoms with Crippen molar-refractivity contribution in [2.45, 2.75) is 31.5 Å². The Hall–Kier alpha value is -0.680. The van der Waals surface area contributed by atoms with Crippen molar-refractivity contribution in [3.05, 3.63) is 29.3 Å². The Morgan fingerprint density at radius 1 is 1.28 bits per heavy atom. The first-order chi connectivity index (χ1) is 8.34.